The van der Waals surface area contributed by atoms with Gasteiger partial charge in [-0.3, -0.25) is 13.9 Å². The third-order valence-electron chi connectivity index (χ3n) is 6.58. The molecule has 3 aromatic rings. The third-order valence-corrected chi connectivity index (χ3v) is 9.28. The molecule has 3 aromatic carbocycles. The SMILES string of the molecule is CCC(C(=O)NCC(C)C)N(Cc1ccc(Cl)cc1Cl)C(=O)CN(c1ccc(Cl)c(C(F)(F)F)c1)S(=O)(=O)c1ccccc1. The summed E-state index contributed by atoms with van der Waals surface area (Å²) in [6, 6.07) is 13.0. The highest BCUT2D eigenvalue weighted by molar-refractivity contribution is 7.92. The second-order valence-corrected chi connectivity index (χ2v) is 13.4. The summed E-state index contributed by atoms with van der Waals surface area (Å²) in [5, 5.41) is 2.69. The molecule has 0 aliphatic rings. The number of rotatable bonds is 12. The van der Waals surface area contributed by atoms with E-state index in [0.717, 1.165) is 12.1 Å². The summed E-state index contributed by atoms with van der Waals surface area (Å²) >= 11 is 18.2. The molecule has 0 aromatic heterocycles. The molecule has 2 amide bonds. The molecular formula is C30H31Cl3F3N3O4S. The van der Waals surface area contributed by atoms with Crippen LogP contribution in [0.5, 0.6) is 0 Å². The van der Waals surface area contributed by atoms with Gasteiger partial charge in [0, 0.05) is 23.1 Å². The molecule has 0 aliphatic heterocycles. The molecule has 3 rings (SSSR count). The van der Waals surface area contributed by atoms with Crippen molar-refractivity contribution in [3.63, 3.8) is 0 Å². The lowest BCUT2D eigenvalue weighted by Gasteiger charge is -2.33. The number of nitrogens with zero attached hydrogens (tertiary/aromatic N) is 2. The second kappa shape index (κ2) is 14.9. The molecule has 0 bridgehead atoms. The summed E-state index contributed by atoms with van der Waals surface area (Å²) in [7, 11) is -4.59. The number of halogens is 6. The average Bonchev–Trinajstić information content (AvgIpc) is 2.95. The first-order valence-corrected chi connectivity index (χ1v) is 16.1. The fraction of sp³-hybridized carbons (Fsp3) is 0.333. The van der Waals surface area contributed by atoms with Crippen molar-refractivity contribution in [2.75, 3.05) is 17.4 Å². The number of carbonyl (C=O) groups is 2. The first-order chi connectivity index (χ1) is 20.6. The normalized spacial score (nSPS) is 12.6. The first-order valence-electron chi connectivity index (χ1n) is 13.5. The molecule has 0 spiro atoms. The minimum Gasteiger partial charge on any atom is -0.354 e. The molecule has 7 nitrogen and oxygen atoms in total. The molecule has 0 saturated carbocycles. The van der Waals surface area contributed by atoms with Crippen LogP contribution in [0.2, 0.25) is 15.1 Å². The maximum atomic E-state index is 14.1. The van der Waals surface area contributed by atoms with Crippen molar-refractivity contribution in [2.24, 2.45) is 5.92 Å². The second-order valence-electron chi connectivity index (χ2n) is 10.3. The lowest BCUT2D eigenvalue weighted by atomic mass is 10.1. The molecule has 0 aliphatic carbocycles. The molecular weight excluding hydrogens is 662 g/mol. The van der Waals surface area contributed by atoms with E-state index < -0.39 is 56.9 Å². The van der Waals surface area contributed by atoms with Gasteiger partial charge in [-0.05, 0) is 60.4 Å². The first kappa shape index (κ1) is 35.5. The predicted octanol–water partition coefficient (Wildman–Crippen LogP) is 7.44. The van der Waals surface area contributed by atoms with Crippen molar-refractivity contribution in [3.8, 4) is 0 Å². The van der Waals surface area contributed by atoms with E-state index in [1.54, 1.807) is 25.1 Å². The summed E-state index contributed by atoms with van der Waals surface area (Å²) in [5.74, 6) is -1.24. The monoisotopic (exact) mass is 691 g/mol. The van der Waals surface area contributed by atoms with Crippen LogP contribution >= 0.6 is 34.8 Å². The van der Waals surface area contributed by atoms with Crippen LogP contribution in [0.4, 0.5) is 18.9 Å². The Kier molecular flexibility index (Phi) is 12.0. The Balaban J connectivity index is 2.15. The molecule has 1 atom stereocenters. The van der Waals surface area contributed by atoms with Gasteiger partial charge < -0.3 is 10.2 Å². The standard InChI is InChI=1S/C30H31Cl3F3N3O4S/c1-4-27(29(41)37-16-19(2)3)38(17-20-10-11-21(31)14-26(20)33)28(40)18-39(44(42,43)23-8-6-5-7-9-23)22-12-13-25(32)24(15-22)30(34,35)36/h5-15,19,27H,4,16-18H2,1-3H3,(H,37,41). The smallest absolute Gasteiger partial charge is 0.354 e. The lowest BCUT2D eigenvalue weighted by molar-refractivity contribution is -0.140. The summed E-state index contributed by atoms with van der Waals surface area (Å²) in [5.41, 5.74) is -1.30. The number of benzene rings is 3. The number of alkyl halides is 3. The third kappa shape index (κ3) is 8.80. The van der Waals surface area contributed by atoms with Gasteiger partial charge in [0.15, 0.2) is 0 Å². The van der Waals surface area contributed by atoms with E-state index in [-0.39, 0.29) is 28.8 Å². The molecule has 14 heteroatoms. The van der Waals surface area contributed by atoms with Crippen molar-refractivity contribution >= 4 is 62.3 Å². The van der Waals surface area contributed by atoms with Crippen LogP contribution in [0.15, 0.2) is 71.6 Å². The lowest BCUT2D eigenvalue weighted by Crippen LogP contribution is -2.52. The Hall–Kier alpha value is -2.99. The molecule has 0 heterocycles. The number of carbonyl (C=O) groups excluding carboxylic acids is 2. The zero-order valence-electron chi connectivity index (χ0n) is 24.0. The highest BCUT2D eigenvalue weighted by Gasteiger charge is 2.37. The van der Waals surface area contributed by atoms with Crippen LogP contribution in [0.25, 0.3) is 0 Å². The van der Waals surface area contributed by atoms with Crippen LogP contribution in [-0.4, -0.2) is 44.3 Å². The van der Waals surface area contributed by atoms with Crippen LogP contribution in [0.3, 0.4) is 0 Å². The van der Waals surface area contributed by atoms with E-state index in [9.17, 15) is 31.2 Å². The molecule has 238 valence electrons. The van der Waals surface area contributed by atoms with Gasteiger partial charge in [-0.2, -0.15) is 13.2 Å². The minimum absolute atomic E-state index is 0.102. The molecule has 0 fully saturated rings. The minimum atomic E-state index is -4.90. The van der Waals surface area contributed by atoms with E-state index in [0.29, 0.717) is 27.5 Å². The Morgan fingerprint density at radius 1 is 0.932 bits per heavy atom. The van der Waals surface area contributed by atoms with Gasteiger partial charge >= 0.3 is 6.18 Å². The van der Waals surface area contributed by atoms with E-state index in [4.69, 9.17) is 34.8 Å². The van der Waals surface area contributed by atoms with Gasteiger partial charge in [0.1, 0.15) is 12.6 Å². The van der Waals surface area contributed by atoms with Gasteiger partial charge in [-0.25, -0.2) is 8.42 Å². The topological polar surface area (TPSA) is 86.8 Å². The summed E-state index contributed by atoms with van der Waals surface area (Å²) in [6.45, 7) is 4.64. The van der Waals surface area contributed by atoms with E-state index in [1.165, 1.54) is 35.2 Å². The van der Waals surface area contributed by atoms with Gasteiger partial charge in [0.05, 0.1) is 21.2 Å². The number of amides is 2. The van der Waals surface area contributed by atoms with Gasteiger partial charge in [0.2, 0.25) is 11.8 Å². The molecule has 0 radical (unpaired) electrons. The molecule has 1 N–H and O–H groups in total. The maximum absolute atomic E-state index is 14.1. The largest absolute Gasteiger partial charge is 0.417 e. The average molecular weight is 693 g/mol. The Bertz CT molecular complexity index is 1590. The molecule has 44 heavy (non-hydrogen) atoms. The Morgan fingerprint density at radius 3 is 2.16 bits per heavy atom. The fourth-order valence-corrected chi connectivity index (χ4v) is 6.43. The number of sulfonamides is 1. The van der Waals surface area contributed by atoms with Gasteiger partial charge in [-0.15, -0.1) is 0 Å². The number of anilines is 1. The van der Waals surface area contributed by atoms with Gasteiger partial charge in [0.25, 0.3) is 10.0 Å². The summed E-state index contributed by atoms with van der Waals surface area (Å²) in [6.07, 6.45) is -4.76. The van der Waals surface area contributed by atoms with Gasteiger partial charge in [-0.1, -0.05) is 79.8 Å². The number of hydrogen-bond donors (Lipinski definition) is 1. The summed E-state index contributed by atoms with van der Waals surface area (Å²) < 4.78 is 69.7. The van der Waals surface area contributed by atoms with Crippen LogP contribution < -0.4 is 9.62 Å². The quantitative estimate of drug-likeness (QED) is 0.214. The van der Waals surface area contributed by atoms with Crippen LogP contribution in [0, 0.1) is 5.92 Å². The fourth-order valence-electron chi connectivity index (χ4n) is 4.31. The molecule has 1 unspecified atom stereocenters. The Labute approximate surface area is 269 Å². The van der Waals surface area contributed by atoms with Crippen molar-refractivity contribution in [1.82, 2.24) is 10.2 Å². The molecule has 0 saturated heterocycles. The number of nitrogens with one attached hydrogen (secondary N) is 1. The van der Waals surface area contributed by atoms with Crippen molar-refractivity contribution in [2.45, 2.75) is 50.9 Å². The maximum Gasteiger partial charge on any atom is 0.417 e. The predicted molar refractivity (Wildman–Crippen MR) is 166 cm³/mol. The Morgan fingerprint density at radius 2 is 1.59 bits per heavy atom. The number of hydrogen-bond acceptors (Lipinski definition) is 4. The van der Waals surface area contributed by atoms with E-state index >= 15 is 0 Å². The summed E-state index contributed by atoms with van der Waals surface area (Å²) in [4.78, 5) is 28.3. The highest BCUT2D eigenvalue weighted by Crippen LogP contribution is 2.38. The van der Waals surface area contributed by atoms with E-state index in [1.807, 2.05) is 13.8 Å². The zero-order chi connectivity index (χ0) is 32.8. The van der Waals surface area contributed by atoms with Crippen LogP contribution in [0.1, 0.15) is 38.3 Å². The zero-order valence-corrected chi connectivity index (χ0v) is 27.1. The van der Waals surface area contributed by atoms with Crippen molar-refractivity contribution in [1.29, 1.82) is 0 Å². The highest BCUT2D eigenvalue weighted by atomic mass is 35.5. The van der Waals surface area contributed by atoms with Crippen molar-refractivity contribution < 1.29 is 31.2 Å². The van der Waals surface area contributed by atoms with E-state index in [2.05, 4.69) is 5.32 Å². The van der Waals surface area contributed by atoms with Crippen molar-refractivity contribution in [3.05, 3.63) is 92.9 Å². The van der Waals surface area contributed by atoms with Crippen LogP contribution in [-0.2, 0) is 32.3 Å².